The van der Waals surface area contributed by atoms with Crippen LogP contribution in [0.5, 0.6) is 11.5 Å². The topological polar surface area (TPSA) is 119 Å². The lowest BCUT2D eigenvalue weighted by Gasteiger charge is -2.39. The standard InChI is InChI=1S/C16H36N.C14H19NO6/c1-5-9-13-17(14-10-6-2,15-11-7-3)16-12-8-4;1-14(2,3)21-13(20)15-9(12(18)19)6-8-4-5-10(16)11(17)7-8/h5-16H2,1-4H3;4-5,7,9,16-17H,6H2,1-3H3,(H,15,20)(H,18,19)/q+1;/p-1/t;9-/m.0/s1. The third-order valence-electron chi connectivity index (χ3n) is 6.40. The molecule has 0 aromatic heterocycles. The zero-order chi connectivity index (χ0) is 29.2. The molecule has 0 aliphatic heterocycles. The van der Waals surface area contributed by atoms with Crippen LogP contribution in [0.4, 0.5) is 4.79 Å². The Hall–Kier alpha value is -2.48. The summed E-state index contributed by atoms with van der Waals surface area (Å²) in [4.78, 5) is 22.6. The van der Waals surface area contributed by atoms with Crippen LogP contribution in [0.15, 0.2) is 18.2 Å². The first-order valence-electron chi connectivity index (χ1n) is 14.4. The van der Waals surface area contributed by atoms with E-state index in [1.165, 1.54) is 100 Å². The monoisotopic (exact) mass is 538 g/mol. The normalized spacial score (nSPS) is 12.3. The summed E-state index contributed by atoms with van der Waals surface area (Å²) in [5, 5.41) is 31.8. The fraction of sp³-hybridized carbons (Fsp3) is 0.733. The van der Waals surface area contributed by atoms with E-state index in [4.69, 9.17) is 4.74 Å². The Kier molecular flexibility index (Phi) is 17.5. The number of amides is 1. The first-order chi connectivity index (χ1) is 17.8. The van der Waals surface area contributed by atoms with E-state index >= 15 is 0 Å². The Morgan fingerprint density at radius 2 is 1.32 bits per heavy atom. The van der Waals surface area contributed by atoms with Gasteiger partial charge in [-0.25, -0.2) is 4.79 Å². The second-order valence-corrected chi connectivity index (χ2v) is 11.2. The molecule has 38 heavy (non-hydrogen) atoms. The third-order valence-corrected chi connectivity index (χ3v) is 6.40. The highest BCUT2D eigenvalue weighted by Gasteiger charge is 2.25. The maximum Gasteiger partial charge on any atom is 0.408 e. The summed E-state index contributed by atoms with van der Waals surface area (Å²) in [7, 11) is 0. The van der Waals surface area contributed by atoms with Gasteiger partial charge in [-0.15, -0.1) is 0 Å². The molecule has 1 atom stereocenters. The van der Waals surface area contributed by atoms with Crippen molar-refractivity contribution < 1.29 is 34.1 Å². The van der Waals surface area contributed by atoms with Crippen LogP contribution in [0.25, 0.3) is 0 Å². The number of carbonyl (C=O) groups is 2. The number of phenols is 2. The Labute approximate surface area is 231 Å². The number of phenolic OH excluding ortho intramolecular Hbond substituents is 2. The second-order valence-electron chi connectivity index (χ2n) is 11.2. The molecule has 1 aromatic rings. The number of carbonyl (C=O) groups excluding carboxylic acids is 2. The number of benzene rings is 1. The molecule has 0 unspecified atom stereocenters. The summed E-state index contributed by atoms with van der Waals surface area (Å²) in [5.41, 5.74) is -0.340. The first-order valence-corrected chi connectivity index (χ1v) is 14.4. The van der Waals surface area contributed by atoms with Gasteiger partial charge in [-0.3, -0.25) is 0 Å². The van der Waals surface area contributed by atoms with E-state index in [0.717, 1.165) is 0 Å². The van der Waals surface area contributed by atoms with E-state index in [-0.39, 0.29) is 17.9 Å². The van der Waals surface area contributed by atoms with Gasteiger partial charge in [0.15, 0.2) is 11.5 Å². The van der Waals surface area contributed by atoms with Crippen molar-refractivity contribution in [2.24, 2.45) is 0 Å². The zero-order valence-corrected chi connectivity index (χ0v) is 25.0. The molecule has 0 saturated heterocycles. The largest absolute Gasteiger partial charge is 0.548 e. The molecule has 0 saturated carbocycles. The van der Waals surface area contributed by atoms with Crippen LogP contribution in [-0.4, -0.2) is 64.6 Å². The lowest BCUT2D eigenvalue weighted by molar-refractivity contribution is -0.929. The summed E-state index contributed by atoms with van der Waals surface area (Å²) in [6, 6.07) is 2.55. The van der Waals surface area contributed by atoms with Gasteiger partial charge in [0.05, 0.1) is 38.2 Å². The molecule has 8 nitrogen and oxygen atoms in total. The zero-order valence-electron chi connectivity index (χ0n) is 25.0. The molecule has 0 fully saturated rings. The van der Waals surface area contributed by atoms with Crippen LogP contribution in [0.1, 0.15) is 105 Å². The van der Waals surface area contributed by atoms with Gasteiger partial charge in [0.25, 0.3) is 0 Å². The van der Waals surface area contributed by atoms with E-state index in [2.05, 4.69) is 33.0 Å². The summed E-state index contributed by atoms with van der Waals surface area (Å²) >= 11 is 0. The van der Waals surface area contributed by atoms with Crippen molar-refractivity contribution in [2.45, 2.75) is 118 Å². The van der Waals surface area contributed by atoms with Crippen LogP contribution in [-0.2, 0) is 16.0 Å². The lowest BCUT2D eigenvalue weighted by Crippen LogP contribution is -2.50. The van der Waals surface area contributed by atoms with Gasteiger partial charge < -0.3 is 34.7 Å². The van der Waals surface area contributed by atoms with E-state index in [9.17, 15) is 24.9 Å². The second kappa shape index (κ2) is 18.7. The molecule has 0 aliphatic rings. The number of nitrogens with zero attached hydrogens (tertiary/aromatic N) is 1. The number of hydrogen-bond acceptors (Lipinski definition) is 6. The minimum Gasteiger partial charge on any atom is -0.548 e. The highest BCUT2D eigenvalue weighted by Crippen LogP contribution is 2.25. The maximum absolute atomic E-state index is 11.6. The van der Waals surface area contributed by atoms with Crippen molar-refractivity contribution in [3.05, 3.63) is 23.8 Å². The molecule has 0 heterocycles. The molecule has 0 radical (unpaired) electrons. The summed E-state index contributed by atoms with van der Waals surface area (Å²) < 4.78 is 6.39. The molecule has 0 spiro atoms. The molecule has 8 heteroatoms. The van der Waals surface area contributed by atoms with E-state index < -0.39 is 23.7 Å². The number of hydrogen-bond donors (Lipinski definition) is 3. The Bertz CT molecular complexity index is 769. The fourth-order valence-corrected chi connectivity index (χ4v) is 4.22. The number of unbranched alkanes of at least 4 members (excludes halogenated alkanes) is 4. The minimum absolute atomic E-state index is 0.116. The highest BCUT2D eigenvalue weighted by atomic mass is 16.6. The van der Waals surface area contributed by atoms with Crippen LogP contribution in [0.3, 0.4) is 0 Å². The number of carboxylic acids is 1. The Balaban J connectivity index is 0.000000739. The van der Waals surface area contributed by atoms with Crippen LogP contribution in [0, 0.1) is 0 Å². The molecular formula is C30H54N2O6. The van der Waals surface area contributed by atoms with Gasteiger partial charge in [0, 0.05) is 0 Å². The SMILES string of the molecule is CC(C)(C)OC(=O)N[C@@H](Cc1ccc(O)c(O)c1)C(=O)[O-].CCCC[N+](CCCC)(CCCC)CCCC. The summed E-state index contributed by atoms with van der Waals surface area (Å²) in [6.45, 7) is 20.0. The van der Waals surface area contributed by atoms with Gasteiger partial charge in [0.2, 0.25) is 0 Å². The molecule has 3 N–H and O–H groups in total. The van der Waals surface area contributed by atoms with Crippen molar-refractivity contribution in [3.8, 4) is 11.5 Å². The van der Waals surface area contributed by atoms with Crippen molar-refractivity contribution in [2.75, 3.05) is 26.2 Å². The molecule has 1 rings (SSSR count). The van der Waals surface area contributed by atoms with Crippen LogP contribution in [0.2, 0.25) is 0 Å². The van der Waals surface area contributed by atoms with Gasteiger partial charge in [-0.1, -0.05) is 59.4 Å². The molecule has 0 aliphatic carbocycles. The quantitative estimate of drug-likeness (QED) is 0.194. The number of aliphatic carboxylic acids is 1. The Morgan fingerprint density at radius 3 is 1.66 bits per heavy atom. The Morgan fingerprint density at radius 1 is 0.868 bits per heavy atom. The number of nitrogens with one attached hydrogen (secondary N) is 1. The van der Waals surface area contributed by atoms with E-state index in [1.54, 1.807) is 20.8 Å². The van der Waals surface area contributed by atoms with Crippen molar-refractivity contribution in [3.63, 3.8) is 0 Å². The molecule has 0 bridgehead atoms. The van der Waals surface area contributed by atoms with Crippen LogP contribution < -0.4 is 10.4 Å². The van der Waals surface area contributed by atoms with Gasteiger partial charge in [-0.2, -0.15) is 0 Å². The van der Waals surface area contributed by atoms with Crippen molar-refractivity contribution in [1.82, 2.24) is 5.32 Å². The summed E-state index contributed by atoms with van der Waals surface area (Å²) in [5.74, 6) is -2.17. The smallest absolute Gasteiger partial charge is 0.408 e. The first kappa shape index (κ1) is 35.5. The lowest BCUT2D eigenvalue weighted by atomic mass is 10.1. The average Bonchev–Trinajstić information content (AvgIpc) is 2.84. The number of alkyl carbamates (subject to hydrolysis) is 1. The number of ether oxygens (including phenoxy) is 1. The van der Waals surface area contributed by atoms with E-state index in [0.29, 0.717) is 5.56 Å². The minimum atomic E-state index is -1.48. The number of quaternary nitrogens is 1. The predicted molar refractivity (Wildman–Crippen MR) is 151 cm³/mol. The van der Waals surface area contributed by atoms with Crippen molar-refractivity contribution >= 4 is 12.1 Å². The molecule has 1 aromatic carbocycles. The van der Waals surface area contributed by atoms with E-state index in [1.807, 2.05) is 0 Å². The molecule has 1 amide bonds. The highest BCUT2D eigenvalue weighted by molar-refractivity contribution is 5.79. The predicted octanol–water partition coefficient (Wildman–Crippen LogP) is 5.29. The molecule has 220 valence electrons. The number of rotatable bonds is 16. The van der Waals surface area contributed by atoms with Crippen molar-refractivity contribution in [1.29, 1.82) is 0 Å². The van der Waals surface area contributed by atoms with Gasteiger partial charge in [-0.05, 0) is 70.6 Å². The summed E-state index contributed by atoms with van der Waals surface area (Å²) in [6.07, 6.45) is 10.1. The fourth-order valence-electron chi connectivity index (χ4n) is 4.22. The molecular weight excluding hydrogens is 484 g/mol. The average molecular weight is 539 g/mol. The van der Waals surface area contributed by atoms with Crippen LogP contribution >= 0.6 is 0 Å². The number of carboxylic acid groups (broad SMARTS) is 1. The van der Waals surface area contributed by atoms with Gasteiger partial charge in [0.1, 0.15) is 5.60 Å². The third kappa shape index (κ3) is 15.7. The van der Waals surface area contributed by atoms with Gasteiger partial charge >= 0.3 is 6.09 Å². The number of aromatic hydroxyl groups is 2. The maximum atomic E-state index is 11.6.